The van der Waals surface area contributed by atoms with Crippen molar-refractivity contribution < 1.29 is 0 Å². The first-order chi connectivity index (χ1) is 16.1. The van der Waals surface area contributed by atoms with Crippen LogP contribution >= 0.6 is 25.3 Å². The Morgan fingerprint density at radius 2 is 0.939 bits per heavy atom. The Kier molecular flexibility index (Phi) is 14.5. The molecule has 0 aromatic heterocycles. The number of para-hydroxylation sites is 2. The van der Waals surface area contributed by atoms with Gasteiger partial charge in [-0.15, -0.1) is 0 Å². The van der Waals surface area contributed by atoms with Crippen molar-refractivity contribution in [1.29, 1.82) is 0 Å². The molecular formula is C27H44N4S2. The Bertz CT molecular complexity index is 651. The first-order valence-electron chi connectivity index (χ1n) is 12.5. The van der Waals surface area contributed by atoms with Crippen LogP contribution in [0.2, 0.25) is 0 Å². The van der Waals surface area contributed by atoms with E-state index in [-0.39, 0.29) is 10.7 Å². The monoisotopic (exact) mass is 488 g/mol. The van der Waals surface area contributed by atoms with E-state index >= 15 is 0 Å². The van der Waals surface area contributed by atoms with E-state index in [1.165, 1.54) is 30.6 Å². The standard InChI is InChI=1S/C27H44N4S2/c1-24(32)30(26-14-6-3-7-15-26)22-12-20-28-18-10-5-11-19-29-21-13-23-31(25(2)33)27-16-8-4-9-17-27/h3-4,6-9,14-17,24-25,28-29,32-33H,5,10-13,18-23H2,1-2H3. The van der Waals surface area contributed by atoms with E-state index in [0.717, 1.165) is 52.1 Å². The van der Waals surface area contributed by atoms with Gasteiger partial charge in [-0.05, 0) is 90.0 Å². The maximum absolute atomic E-state index is 4.65. The maximum Gasteiger partial charge on any atom is 0.0693 e. The van der Waals surface area contributed by atoms with Crippen LogP contribution in [0.25, 0.3) is 0 Å². The minimum Gasteiger partial charge on any atom is -0.360 e. The molecular weight excluding hydrogens is 444 g/mol. The first-order valence-corrected chi connectivity index (χ1v) is 13.5. The molecule has 2 unspecified atom stereocenters. The lowest BCUT2D eigenvalue weighted by atomic mass is 10.2. The number of nitrogens with zero attached hydrogens (tertiary/aromatic N) is 2. The summed E-state index contributed by atoms with van der Waals surface area (Å²) in [5.74, 6) is 0. The van der Waals surface area contributed by atoms with E-state index in [0.29, 0.717) is 0 Å². The lowest BCUT2D eigenvalue weighted by Crippen LogP contribution is -2.32. The smallest absolute Gasteiger partial charge is 0.0693 e. The third-order valence-corrected chi connectivity index (χ3v) is 6.35. The molecule has 33 heavy (non-hydrogen) atoms. The van der Waals surface area contributed by atoms with Crippen molar-refractivity contribution in [2.45, 2.75) is 56.7 Å². The largest absolute Gasteiger partial charge is 0.360 e. The Balaban J connectivity index is 1.43. The van der Waals surface area contributed by atoms with Gasteiger partial charge in [-0.25, -0.2) is 0 Å². The van der Waals surface area contributed by atoms with E-state index in [1.807, 2.05) is 0 Å². The SMILES string of the molecule is CC(S)N(CCCNCCCCCNCCCN(c1ccccc1)C(C)S)c1ccccc1. The molecule has 0 saturated carbocycles. The highest BCUT2D eigenvalue weighted by atomic mass is 32.1. The number of rotatable bonds is 18. The fourth-order valence-electron chi connectivity index (χ4n) is 3.98. The normalized spacial score (nSPS) is 13.0. The third-order valence-electron chi connectivity index (χ3n) is 5.79. The molecule has 0 radical (unpaired) electrons. The topological polar surface area (TPSA) is 30.5 Å². The number of benzene rings is 2. The van der Waals surface area contributed by atoms with Crippen molar-refractivity contribution in [3.63, 3.8) is 0 Å². The molecule has 2 rings (SSSR count). The number of unbranched alkanes of at least 4 members (excludes halogenated alkanes) is 2. The van der Waals surface area contributed by atoms with Crippen LogP contribution in [0.5, 0.6) is 0 Å². The Hall–Kier alpha value is -1.34. The summed E-state index contributed by atoms with van der Waals surface area (Å²) in [4.78, 5) is 4.71. The minimum absolute atomic E-state index is 0.225. The van der Waals surface area contributed by atoms with Crippen molar-refractivity contribution in [2.75, 3.05) is 49.1 Å². The predicted molar refractivity (Wildman–Crippen MR) is 153 cm³/mol. The van der Waals surface area contributed by atoms with Gasteiger partial charge in [0, 0.05) is 24.5 Å². The summed E-state index contributed by atoms with van der Waals surface area (Å²) < 4.78 is 0. The lowest BCUT2D eigenvalue weighted by Gasteiger charge is -2.28. The molecule has 6 heteroatoms. The van der Waals surface area contributed by atoms with Crippen LogP contribution in [0.15, 0.2) is 60.7 Å². The summed E-state index contributed by atoms with van der Waals surface area (Å²) in [6.45, 7) is 10.7. The van der Waals surface area contributed by atoms with Crippen LogP contribution in [0.3, 0.4) is 0 Å². The van der Waals surface area contributed by atoms with Gasteiger partial charge in [0.05, 0.1) is 10.7 Å². The molecule has 184 valence electrons. The summed E-state index contributed by atoms with van der Waals surface area (Å²) in [5.41, 5.74) is 2.50. The van der Waals surface area contributed by atoms with Crippen molar-refractivity contribution in [1.82, 2.24) is 10.6 Å². The van der Waals surface area contributed by atoms with Crippen molar-refractivity contribution >= 4 is 36.6 Å². The molecule has 0 heterocycles. The van der Waals surface area contributed by atoms with Gasteiger partial charge in [0.15, 0.2) is 0 Å². The fraction of sp³-hybridized carbons (Fsp3) is 0.556. The summed E-state index contributed by atoms with van der Waals surface area (Å²) >= 11 is 9.29. The zero-order valence-electron chi connectivity index (χ0n) is 20.5. The van der Waals surface area contributed by atoms with Crippen molar-refractivity contribution in [2.24, 2.45) is 0 Å². The summed E-state index contributed by atoms with van der Waals surface area (Å²) in [5, 5.41) is 7.64. The third kappa shape index (κ3) is 11.6. The second-order valence-electron chi connectivity index (χ2n) is 8.59. The Morgan fingerprint density at radius 3 is 1.30 bits per heavy atom. The van der Waals surface area contributed by atoms with E-state index in [4.69, 9.17) is 0 Å². The summed E-state index contributed by atoms with van der Waals surface area (Å²) in [6.07, 6.45) is 6.02. The molecule has 2 atom stereocenters. The molecule has 0 amide bonds. The number of anilines is 2. The molecule has 2 aromatic carbocycles. The maximum atomic E-state index is 4.65. The fourth-order valence-corrected chi connectivity index (χ4v) is 4.48. The van der Waals surface area contributed by atoms with Gasteiger partial charge in [0.25, 0.3) is 0 Å². The Labute approximate surface area is 213 Å². The van der Waals surface area contributed by atoms with E-state index in [1.54, 1.807) is 0 Å². The highest BCUT2D eigenvalue weighted by molar-refractivity contribution is 7.81. The second-order valence-corrected chi connectivity index (χ2v) is 10.1. The van der Waals surface area contributed by atoms with Gasteiger partial charge in [-0.3, -0.25) is 0 Å². The second kappa shape index (κ2) is 17.1. The van der Waals surface area contributed by atoms with Gasteiger partial charge in [-0.2, -0.15) is 25.3 Å². The summed E-state index contributed by atoms with van der Waals surface area (Å²) in [6, 6.07) is 21.1. The van der Waals surface area contributed by atoms with Crippen LogP contribution in [0.4, 0.5) is 11.4 Å². The van der Waals surface area contributed by atoms with Crippen LogP contribution < -0.4 is 20.4 Å². The number of nitrogens with one attached hydrogen (secondary N) is 2. The van der Waals surface area contributed by atoms with Gasteiger partial charge >= 0.3 is 0 Å². The van der Waals surface area contributed by atoms with Crippen LogP contribution in [0.1, 0.15) is 46.0 Å². The highest BCUT2D eigenvalue weighted by Gasteiger charge is 2.10. The molecule has 0 fully saturated rings. The van der Waals surface area contributed by atoms with Gasteiger partial charge < -0.3 is 20.4 Å². The van der Waals surface area contributed by atoms with Crippen LogP contribution in [0, 0.1) is 0 Å². The molecule has 0 aliphatic carbocycles. The molecule has 0 aliphatic heterocycles. The number of thiol groups is 2. The number of hydrogen-bond donors (Lipinski definition) is 4. The van der Waals surface area contributed by atoms with Crippen molar-refractivity contribution in [3.05, 3.63) is 60.7 Å². The van der Waals surface area contributed by atoms with Gasteiger partial charge in [0.2, 0.25) is 0 Å². The highest BCUT2D eigenvalue weighted by Crippen LogP contribution is 2.19. The zero-order chi connectivity index (χ0) is 23.7. The molecule has 2 aromatic rings. The van der Waals surface area contributed by atoms with Gasteiger partial charge in [0.1, 0.15) is 0 Å². The Morgan fingerprint density at radius 1 is 0.576 bits per heavy atom. The predicted octanol–water partition coefficient (Wildman–Crippen LogP) is 5.68. The average molecular weight is 489 g/mol. The molecule has 0 spiro atoms. The van der Waals surface area contributed by atoms with Crippen LogP contribution in [-0.2, 0) is 0 Å². The van der Waals surface area contributed by atoms with Crippen LogP contribution in [-0.4, -0.2) is 50.0 Å². The molecule has 2 N–H and O–H groups in total. The molecule has 0 bridgehead atoms. The minimum atomic E-state index is 0.225. The lowest BCUT2D eigenvalue weighted by molar-refractivity contribution is 0.556. The number of hydrogen-bond acceptors (Lipinski definition) is 6. The summed E-state index contributed by atoms with van der Waals surface area (Å²) in [7, 11) is 0. The van der Waals surface area contributed by atoms with Crippen molar-refractivity contribution in [3.8, 4) is 0 Å². The van der Waals surface area contributed by atoms with E-state index in [9.17, 15) is 0 Å². The molecule has 4 nitrogen and oxygen atoms in total. The van der Waals surface area contributed by atoms with Gasteiger partial charge in [-0.1, -0.05) is 42.8 Å². The molecule has 0 saturated heterocycles. The zero-order valence-corrected chi connectivity index (χ0v) is 22.3. The quantitative estimate of drug-likeness (QED) is 0.123. The average Bonchev–Trinajstić information content (AvgIpc) is 2.82. The molecule has 0 aliphatic rings. The van der Waals surface area contributed by atoms with E-state index in [2.05, 4.69) is 120 Å². The van der Waals surface area contributed by atoms with E-state index < -0.39 is 0 Å². The first kappa shape index (κ1) is 27.9.